The molecule has 0 spiro atoms. The Morgan fingerprint density at radius 1 is 1.15 bits per heavy atom. The van der Waals surface area contributed by atoms with Gasteiger partial charge in [-0.25, -0.2) is 4.79 Å². The summed E-state index contributed by atoms with van der Waals surface area (Å²) in [5.74, 6) is -0.721. The molecule has 164 valence electrons. The van der Waals surface area contributed by atoms with Gasteiger partial charge in [0.05, 0.1) is 28.9 Å². The molecule has 33 heavy (non-hydrogen) atoms. The van der Waals surface area contributed by atoms with Gasteiger partial charge in [0, 0.05) is 15.8 Å². The van der Waals surface area contributed by atoms with Crippen LogP contribution in [-0.2, 0) is 4.74 Å². The van der Waals surface area contributed by atoms with Crippen molar-refractivity contribution < 1.29 is 9.53 Å². The molecule has 0 amide bonds. The molecule has 7 nitrogen and oxygen atoms in total. The molecule has 2 N–H and O–H groups in total. The normalized spacial score (nSPS) is 10.7. The third-order valence-electron chi connectivity index (χ3n) is 5.28. The fourth-order valence-electron chi connectivity index (χ4n) is 3.72. The Balaban J connectivity index is 2.20. The summed E-state index contributed by atoms with van der Waals surface area (Å²) in [4.78, 5) is 26.7. The molecule has 0 bridgehead atoms. The number of nitriles is 1. The number of rotatable bonds is 4. The van der Waals surface area contributed by atoms with Gasteiger partial charge in [0.25, 0.3) is 5.56 Å². The summed E-state index contributed by atoms with van der Waals surface area (Å²) in [6.45, 7) is 3.71. The number of hydrogen-bond donors (Lipinski definition) is 2. The van der Waals surface area contributed by atoms with Crippen LogP contribution >= 0.6 is 12.6 Å². The number of nitrogens with zero attached hydrogens (tertiary/aromatic N) is 3. The van der Waals surface area contributed by atoms with E-state index in [0.29, 0.717) is 16.8 Å². The minimum atomic E-state index is -0.721. The van der Waals surface area contributed by atoms with Crippen LogP contribution in [0, 0.1) is 18.3 Å². The van der Waals surface area contributed by atoms with Crippen LogP contribution in [0.4, 0.5) is 5.69 Å². The number of thiol groups is 1. The summed E-state index contributed by atoms with van der Waals surface area (Å²) in [7, 11) is 0. The van der Waals surface area contributed by atoms with Crippen molar-refractivity contribution in [3.05, 3.63) is 81.8 Å². The Kier molecular flexibility index (Phi) is 5.90. The highest BCUT2D eigenvalue weighted by Crippen LogP contribution is 2.40. The van der Waals surface area contributed by atoms with Crippen molar-refractivity contribution in [2.24, 2.45) is 0 Å². The van der Waals surface area contributed by atoms with E-state index in [2.05, 4.69) is 23.8 Å². The van der Waals surface area contributed by atoms with Crippen molar-refractivity contribution in [2.75, 3.05) is 12.3 Å². The largest absolute Gasteiger partial charge is 0.461 e. The molecule has 0 atom stereocenters. The maximum atomic E-state index is 13.6. The molecule has 1 aromatic heterocycles. The minimum Gasteiger partial charge on any atom is -0.461 e. The second kappa shape index (κ2) is 8.81. The van der Waals surface area contributed by atoms with Gasteiger partial charge < -0.3 is 10.5 Å². The van der Waals surface area contributed by atoms with Crippen LogP contribution in [0.1, 0.15) is 28.5 Å². The number of fused-ring (bicyclic) bond motifs is 1. The average Bonchev–Trinajstić information content (AvgIpc) is 2.82. The summed E-state index contributed by atoms with van der Waals surface area (Å²) in [5.41, 5.74) is 8.33. The van der Waals surface area contributed by atoms with Crippen molar-refractivity contribution >= 4 is 35.1 Å². The topological polar surface area (TPSA) is 111 Å². The molecule has 0 aliphatic rings. The average molecular weight is 457 g/mol. The second-order valence-corrected chi connectivity index (χ2v) is 7.81. The summed E-state index contributed by atoms with van der Waals surface area (Å²) < 4.78 is 6.32. The van der Waals surface area contributed by atoms with Crippen LogP contribution < -0.4 is 11.3 Å². The van der Waals surface area contributed by atoms with Crippen LogP contribution in [0.3, 0.4) is 0 Å². The molecule has 0 radical (unpaired) electrons. The van der Waals surface area contributed by atoms with Crippen molar-refractivity contribution in [3.63, 3.8) is 0 Å². The molecular weight excluding hydrogens is 436 g/mol. The van der Waals surface area contributed by atoms with Crippen LogP contribution in [0.2, 0.25) is 0 Å². The lowest BCUT2D eigenvalue weighted by molar-refractivity contribution is 0.0519. The fourth-order valence-corrected chi connectivity index (χ4v) is 4.17. The fraction of sp³-hybridized carbons (Fsp3) is 0.120. The lowest BCUT2D eigenvalue weighted by atomic mass is 9.94. The van der Waals surface area contributed by atoms with E-state index in [1.165, 1.54) is 0 Å². The lowest BCUT2D eigenvalue weighted by Crippen LogP contribution is -2.26. The summed E-state index contributed by atoms with van der Waals surface area (Å²) >= 11 is 4.66. The molecule has 4 aromatic rings. The van der Waals surface area contributed by atoms with Crippen LogP contribution in [-0.4, -0.2) is 22.4 Å². The molecule has 0 aliphatic carbocycles. The minimum absolute atomic E-state index is 0.00476. The predicted octanol–water partition coefficient (Wildman–Crippen LogP) is 4.28. The number of aromatic nitrogens is 2. The van der Waals surface area contributed by atoms with Gasteiger partial charge in [-0.05, 0) is 31.5 Å². The standard InChI is InChI=1S/C25H20N4O3S/c1-3-32-25(31)22-20-19(24(30)29(28-22)16-11-9-14(2)10-12-16)21(27)17(13-26)18(23(20)33)15-7-5-4-6-8-15/h4-12,33H,3,27H2,1-2H3. The number of carbonyl (C=O) groups excluding carboxylic acids is 1. The van der Waals surface area contributed by atoms with Gasteiger partial charge in [-0.15, -0.1) is 12.6 Å². The first kappa shape index (κ1) is 22.1. The Morgan fingerprint density at radius 2 is 1.82 bits per heavy atom. The van der Waals surface area contributed by atoms with Gasteiger partial charge in [0.1, 0.15) is 6.07 Å². The monoisotopic (exact) mass is 456 g/mol. The molecule has 3 aromatic carbocycles. The highest BCUT2D eigenvalue weighted by molar-refractivity contribution is 7.80. The number of esters is 1. The molecule has 0 aliphatic heterocycles. The SMILES string of the molecule is CCOC(=O)c1nn(-c2ccc(C)cc2)c(=O)c2c(N)c(C#N)c(-c3ccccc3)c(S)c12. The highest BCUT2D eigenvalue weighted by atomic mass is 32.1. The van der Waals surface area contributed by atoms with Gasteiger partial charge in [-0.1, -0.05) is 48.0 Å². The van der Waals surface area contributed by atoms with E-state index in [4.69, 9.17) is 10.5 Å². The number of ether oxygens (including phenoxy) is 1. The van der Waals surface area contributed by atoms with Crippen molar-refractivity contribution in [2.45, 2.75) is 18.7 Å². The second-order valence-electron chi connectivity index (χ2n) is 7.36. The number of nitrogen functional groups attached to an aromatic ring is 1. The van der Waals surface area contributed by atoms with E-state index in [1.807, 2.05) is 37.3 Å². The molecule has 0 fully saturated rings. The third kappa shape index (κ3) is 3.73. The first-order valence-corrected chi connectivity index (χ1v) is 10.6. The third-order valence-corrected chi connectivity index (χ3v) is 5.72. The van der Waals surface area contributed by atoms with E-state index < -0.39 is 11.5 Å². The van der Waals surface area contributed by atoms with Crippen LogP contribution in [0.5, 0.6) is 0 Å². The van der Waals surface area contributed by atoms with E-state index >= 15 is 0 Å². The maximum Gasteiger partial charge on any atom is 0.359 e. The molecule has 0 saturated carbocycles. The van der Waals surface area contributed by atoms with Crippen molar-refractivity contribution in [1.82, 2.24) is 9.78 Å². The first-order chi connectivity index (χ1) is 15.9. The summed E-state index contributed by atoms with van der Waals surface area (Å²) in [5, 5.41) is 14.4. The molecule has 1 heterocycles. The summed E-state index contributed by atoms with van der Waals surface area (Å²) in [6.07, 6.45) is 0. The summed E-state index contributed by atoms with van der Waals surface area (Å²) in [6, 6.07) is 18.2. The first-order valence-electron chi connectivity index (χ1n) is 10.2. The highest BCUT2D eigenvalue weighted by Gasteiger charge is 2.27. The van der Waals surface area contributed by atoms with E-state index in [1.54, 1.807) is 31.2 Å². The van der Waals surface area contributed by atoms with Crippen LogP contribution in [0.25, 0.3) is 27.6 Å². The number of anilines is 1. The van der Waals surface area contributed by atoms with E-state index in [0.717, 1.165) is 10.2 Å². The molecule has 0 unspecified atom stereocenters. The Hall–Kier alpha value is -4.09. The number of nitrogens with two attached hydrogens (primary N) is 1. The molecular formula is C25H20N4O3S. The Labute approximate surface area is 195 Å². The van der Waals surface area contributed by atoms with Gasteiger partial charge in [0.15, 0.2) is 5.69 Å². The van der Waals surface area contributed by atoms with Gasteiger partial charge in [0.2, 0.25) is 0 Å². The van der Waals surface area contributed by atoms with Gasteiger partial charge in [-0.2, -0.15) is 15.0 Å². The number of carbonyl (C=O) groups is 1. The molecule has 4 rings (SSSR count). The Bertz CT molecular complexity index is 1490. The van der Waals surface area contributed by atoms with Crippen LogP contribution in [0.15, 0.2) is 64.3 Å². The number of aryl methyl sites for hydroxylation is 1. The zero-order valence-corrected chi connectivity index (χ0v) is 18.9. The smallest absolute Gasteiger partial charge is 0.359 e. The van der Waals surface area contributed by atoms with E-state index in [9.17, 15) is 14.9 Å². The zero-order chi connectivity index (χ0) is 23.7. The number of benzene rings is 3. The zero-order valence-electron chi connectivity index (χ0n) is 18.0. The van der Waals surface area contributed by atoms with Crippen molar-refractivity contribution in [1.29, 1.82) is 5.26 Å². The lowest BCUT2D eigenvalue weighted by Gasteiger charge is -2.18. The quantitative estimate of drug-likeness (QED) is 0.269. The van der Waals surface area contributed by atoms with Gasteiger partial charge in [-0.3, -0.25) is 4.79 Å². The van der Waals surface area contributed by atoms with E-state index in [-0.39, 0.29) is 39.2 Å². The molecule has 0 saturated heterocycles. The van der Waals surface area contributed by atoms with Crippen molar-refractivity contribution in [3.8, 4) is 22.9 Å². The maximum absolute atomic E-state index is 13.6. The Morgan fingerprint density at radius 3 is 2.42 bits per heavy atom. The molecule has 8 heteroatoms. The van der Waals surface area contributed by atoms with Gasteiger partial charge >= 0.3 is 5.97 Å². The predicted molar refractivity (Wildman–Crippen MR) is 130 cm³/mol. The number of hydrogen-bond acceptors (Lipinski definition) is 7.